The van der Waals surface area contributed by atoms with Gasteiger partial charge in [0.15, 0.2) is 19.7 Å². The van der Waals surface area contributed by atoms with Gasteiger partial charge in [-0.15, -0.1) is 0 Å². The minimum Gasteiger partial charge on any atom is -0.313 e. The first-order chi connectivity index (χ1) is 59.6. The van der Waals surface area contributed by atoms with Gasteiger partial charge < -0.3 is 9.44 Å². The van der Waals surface area contributed by atoms with Crippen molar-refractivity contribution >= 4 is 106 Å². The summed E-state index contributed by atoms with van der Waals surface area (Å²) >= 11 is 0. The van der Waals surface area contributed by atoms with Crippen molar-refractivity contribution in [3.8, 4) is 0 Å². The second kappa shape index (κ2) is 37.6. The number of hydrogen-bond donors (Lipinski definition) is 3. The number of sulfone groups is 2. The van der Waals surface area contributed by atoms with Gasteiger partial charge in [0, 0.05) is 112 Å². The van der Waals surface area contributed by atoms with E-state index in [0.29, 0.717) is 53.8 Å². The van der Waals surface area contributed by atoms with Gasteiger partial charge in [-0.05, 0) is 234 Å². The number of rotatable bonds is 18. The van der Waals surface area contributed by atoms with Gasteiger partial charge in [-0.1, -0.05) is 123 Å². The average molecular weight is 1760 g/mol. The van der Waals surface area contributed by atoms with Gasteiger partial charge in [0.05, 0.1) is 107 Å². The van der Waals surface area contributed by atoms with Gasteiger partial charge in [-0.2, -0.15) is 0 Å². The predicted octanol–water partition coefficient (Wildman–Crippen LogP) is 18.3. The highest BCUT2D eigenvalue weighted by Crippen LogP contribution is 2.34. The lowest BCUT2D eigenvalue weighted by molar-refractivity contribution is 0.483. The van der Waals surface area contributed by atoms with Crippen LogP contribution in [0.4, 0.5) is 33.3 Å². The van der Waals surface area contributed by atoms with E-state index in [0.717, 1.165) is 181 Å². The number of hydrogen-bond acceptors (Lipinski definition) is 14. The molecule has 2 aliphatic carbocycles. The first kappa shape index (κ1) is 86.9. The Morgan fingerprint density at radius 2 is 0.677 bits per heavy atom. The molecule has 2 saturated carbocycles. The largest absolute Gasteiger partial charge is 0.313 e. The van der Waals surface area contributed by atoms with Crippen LogP contribution >= 0.6 is 0 Å². The van der Waals surface area contributed by atoms with Crippen molar-refractivity contribution in [1.82, 2.24) is 9.97 Å². The maximum Gasteiger partial charge on any atom is 0.184 e. The summed E-state index contributed by atoms with van der Waals surface area (Å²) in [6, 6.07) is 67.3. The van der Waals surface area contributed by atoms with Crippen molar-refractivity contribution in [2.24, 2.45) is 30.1 Å². The van der Waals surface area contributed by atoms with Crippen molar-refractivity contribution in [2.45, 2.75) is 134 Å². The van der Waals surface area contributed by atoms with E-state index in [1.54, 1.807) is 103 Å². The van der Waals surface area contributed by atoms with Crippen LogP contribution in [-0.4, -0.2) is 96.1 Å². The molecule has 4 N–H and O–H groups in total. The SMILES string of the molecule is C=S(=O)(Nc1cccc(C2=NCc3cc(F)ccc32)c1)C1CCCCC1.C=S(=O)(Nc1cccc(C2=NCc3cc(F)ccc32)c1)c1cccnc1.C=S(N)(=O)c1cccc(C2=NCc3cc(F)ccc32)c1.O=S(=O)(Cc1ccc(C2=NCc3cc(F)ccc32)cc1)C1CCCCC1.O=S(=O)(Cc1ccc(C2=NCc3cc(F)ccc32)cc1)c1cccnc1. The number of aliphatic imine (C=N–C) groups is 5. The van der Waals surface area contributed by atoms with E-state index < -0.39 is 48.8 Å². The number of halogens is 5. The molecule has 0 spiro atoms. The van der Waals surface area contributed by atoms with Gasteiger partial charge >= 0.3 is 0 Å². The quantitative estimate of drug-likeness (QED) is 0.0544. The molecule has 7 heterocycles. The van der Waals surface area contributed by atoms with E-state index in [2.05, 4.69) is 62.0 Å². The number of aromatic nitrogens is 2. The molecule has 19 rings (SSSR count). The molecule has 12 aromatic rings. The zero-order chi connectivity index (χ0) is 86.9. The lowest BCUT2D eigenvalue weighted by atomic mass is 9.99. The van der Waals surface area contributed by atoms with Crippen LogP contribution in [0, 0.1) is 29.1 Å². The summed E-state index contributed by atoms with van der Waals surface area (Å²) in [7, 11) is -14.4. The topological polar surface area (TPSA) is 257 Å². The Balaban J connectivity index is 0.000000120. The van der Waals surface area contributed by atoms with Gasteiger partial charge in [0.25, 0.3) is 0 Å². The molecule has 0 radical (unpaired) electrons. The minimum atomic E-state index is -3.43. The summed E-state index contributed by atoms with van der Waals surface area (Å²) < 4.78 is 161. The van der Waals surface area contributed by atoms with Crippen molar-refractivity contribution in [1.29, 1.82) is 0 Å². The summed E-state index contributed by atoms with van der Waals surface area (Å²) in [6.45, 7) is 2.35. The Bertz CT molecular complexity index is 6830. The number of nitrogens with zero attached hydrogens (tertiary/aromatic N) is 7. The van der Waals surface area contributed by atoms with Crippen molar-refractivity contribution in [2.75, 3.05) is 9.44 Å². The fourth-order valence-electron chi connectivity index (χ4n) is 16.1. The van der Waals surface area contributed by atoms with Crippen LogP contribution in [-0.2, 0) is 93.0 Å². The molecule has 17 nitrogen and oxygen atoms in total. The maximum absolute atomic E-state index is 13.4. The Labute approximate surface area is 720 Å². The third kappa shape index (κ3) is 20.9. The monoisotopic (exact) mass is 1760 g/mol. The lowest BCUT2D eigenvalue weighted by Gasteiger charge is -2.26. The van der Waals surface area contributed by atoms with Crippen molar-refractivity contribution in [3.63, 3.8) is 0 Å². The zero-order valence-corrected chi connectivity index (χ0v) is 71.7. The maximum atomic E-state index is 13.4. The van der Waals surface area contributed by atoms with Crippen LogP contribution < -0.4 is 14.6 Å². The number of nitrogens with one attached hydrogen (secondary N) is 2. The smallest absolute Gasteiger partial charge is 0.184 e. The molecular weight excluding hydrogens is 1670 g/mol. The normalized spacial score (nSPS) is 16.4. The molecule has 0 bridgehead atoms. The molecule has 2 fully saturated rings. The van der Waals surface area contributed by atoms with Crippen LogP contribution in [0.5, 0.6) is 0 Å². The van der Waals surface area contributed by atoms with E-state index in [9.17, 15) is 51.4 Å². The molecule has 2 aromatic heterocycles. The fraction of sp³-hybridized carbons (Fsp3) is 0.196. The van der Waals surface area contributed by atoms with E-state index in [-0.39, 0.29) is 56.0 Å². The zero-order valence-electron chi connectivity index (χ0n) is 67.6. The number of pyridine rings is 2. The summed E-state index contributed by atoms with van der Waals surface area (Å²) in [5.41, 5.74) is 20.6. The van der Waals surface area contributed by atoms with Crippen LogP contribution in [0.2, 0.25) is 0 Å². The molecule has 10 aromatic carbocycles. The summed E-state index contributed by atoms with van der Waals surface area (Å²) in [4.78, 5) is 31.6. The van der Waals surface area contributed by atoms with Gasteiger partial charge in [0.2, 0.25) is 0 Å². The molecule has 124 heavy (non-hydrogen) atoms. The van der Waals surface area contributed by atoms with E-state index >= 15 is 0 Å². The molecule has 3 atom stereocenters. The van der Waals surface area contributed by atoms with Gasteiger partial charge in [0.1, 0.15) is 29.1 Å². The van der Waals surface area contributed by atoms with E-state index in [1.165, 1.54) is 73.4 Å². The summed E-state index contributed by atoms with van der Waals surface area (Å²) in [6.07, 6.45) is 16.3. The first-order valence-corrected chi connectivity index (χ1v) is 49.1. The number of nitrogens with two attached hydrogens (primary N) is 1. The fourth-order valence-corrected chi connectivity index (χ4v) is 22.9. The Morgan fingerprint density at radius 3 is 1.06 bits per heavy atom. The summed E-state index contributed by atoms with van der Waals surface area (Å²) in [5.74, 6) is 10.0. The van der Waals surface area contributed by atoms with Crippen LogP contribution in [0.1, 0.15) is 159 Å². The Kier molecular flexibility index (Phi) is 26.4. The van der Waals surface area contributed by atoms with Gasteiger partial charge in [-0.25, -0.2) is 51.4 Å². The number of fused-ring (bicyclic) bond motifs is 5. The second-order valence-electron chi connectivity index (χ2n) is 31.2. The highest BCUT2D eigenvalue weighted by Gasteiger charge is 2.30. The highest BCUT2D eigenvalue weighted by atomic mass is 32.2. The minimum absolute atomic E-state index is 0.0900. The van der Waals surface area contributed by atoms with Crippen LogP contribution in [0.15, 0.2) is 301 Å². The lowest BCUT2D eigenvalue weighted by Crippen LogP contribution is -2.29. The highest BCUT2D eigenvalue weighted by molar-refractivity contribution is 8.02. The first-order valence-electron chi connectivity index (χ1n) is 40.4. The van der Waals surface area contributed by atoms with Crippen molar-refractivity contribution < 1.29 is 51.4 Å². The Hall–Kier alpha value is -12.0. The van der Waals surface area contributed by atoms with Crippen LogP contribution in [0.3, 0.4) is 0 Å². The molecule has 0 amide bonds. The number of anilines is 2. The molecular formula is C97H89F5N10O7S5. The van der Waals surface area contributed by atoms with Crippen LogP contribution in [0.25, 0.3) is 0 Å². The standard InChI is InChI=1S/C21H23FN2OS.C21H22FNO2S.C20H16FN3OS.C20H15FN2O2S.C15H13FN2OS/c1-26(25,19-8-3-2-4-9-19)24-18-7-5-6-15(13-18)21-20-11-10-17(22)12-16(20)14-23-21;22-18-10-11-20-17(12-18)13-23-21(20)16-8-6-15(7-9-16)14-26(24,25)19-4-2-1-3-5-19;1-26(25,18-6-3-9-22-13-18)24-17-5-2-4-14(11-17)20-19-8-7-16(21)10-15(19)12-23-20;21-17-7-8-19-16(10-17)11-23-20(19)15-5-3-14(4-6-15)13-26(24,25)18-2-1-9-22-12-18;1-20(17,19)13-4-2-3-10(8-13)15-14-6-5-12(16)7-11(14)9-18-15/h5-7,10-13,19H,1-4,8-9,14H2,(H,24,25);6-12,19H,1-5,13-14H2;2-11,13H,1,12H2,(H,24,25);1-10,12H,11,13H2;2-8H,1,9H2,(H2,17,19). The third-order valence-corrected chi connectivity index (χ3v) is 31.0. The molecule has 27 heteroatoms. The molecule has 5 aliphatic heterocycles. The predicted molar refractivity (Wildman–Crippen MR) is 490 cm³/mol. The number of benzene rings is 10. The average Bonchev–Trinajstić information content (AvgIpc) is 1.63. The third-order valence-electron chi connectivity index (χ3n) is 22.3. The van der Waals surface area contributed by atoms with Gasteiger partial charge in [-0.3, -0.25) is 40.1 Å². The summed E-state index contributed by atoms with van der Waals surface area (Å²) in [5, 5.41) is 5.51. The van der Waals surface area contributed by atoms with E-state index in [1.807, 2.05) is 91.0 Å². The molecule has 7 aliphatic rings. The molecule has 3 unspecified atom stereocenters. The Morgan fingerprint density at radius 1 is 0.339 bits per heavy atom. The van der Waals surface area contributed by atoms with Crippen molar-refractivity contribution in [3.05, 3.63) is 385 Å². The molecule has 634 valence electrons. The molecule has 0 saturated heterocycles. The second-order valence-corrected chi connectivity index (χ2v) is 41.8. The van der Waals surface area contributed by atoms with E-state index in [4.69, 9.17) is 5.14 Å².